The van der Waals surface area contributed by atoms with Crippen LogP contribution < -0.4 is 4.74 Å². The number of ether oxygens (including phenoxy) is 2. The van der Waals surface area contributed by atoms with Gasteiger partial charge in [0.2, 0.25) is 0 Å². The average molecular weight is 313 g/mol. The molecular weight excluding hydrogens is 299 g/mol. The van der Waals surface area contributed by atoms with Gasteiger partial charge in [-0.05, 0) is 34.8 Å². The predicted molar refractivity (Wildman–Crippen MR) is 71.1 cm³/mol. The summed E-state index contributed by atoms with van der Waals surface area (Å²) in [5.41, 5.74) is 0.699. The van der Waals surface area contributed by atoms with Crippen molar-refractivity contribution in [3.63, 3.8) is 0 Å². The van der Waals surface area contributed by atoms with Crippen molar-refractivity contribution in [2.45, 2.75) is 12.8 Å². The summed E-state index contributed by atoms with van der Waals surface area (Å²) in [6, 6.07) is 2.75. The van der Waals surface area contributed by atoms with Gasteiger partial charge < -0.3 is 9.47 Å². The maximum atomic E-state index is 13.2. The fourth-order valence-corrected chi connectivity index (χ4v) is 2.36. The lowest BCUT2D eigenvalue weighted by atomic mass is 10.0. The van der Waals surface area contributed by atoms with E-state index in [-0.39, 0.29) is 5.82 Å². The molecule has 96 valence electrons. The summed E-state index contributed by atoms with van der Waals surface area (Å²) in [6.07, 6.45) is 1.91. The molecule has 1 aromatic carbocycles. The standard InChI is InChI=1S/C14H14BrFO2/c1-17-14-9-11(16)8-13(15)12(14)3-2-10-4-6-18-7-5-10/h8-10H,4-7H2,1H3. The topological polar surface area (TPSA) is 18.5 Å². The quantitative estimate of drug-likeness (QED) is 0.740. The number of rotatable bonds is 1. The second-order valence-corrected chi connectivity index (χ2v) is 4.98. The molecule has 0 aliphatic carbocycles. The van der Waals surface area contributed by atoms with Crippen LogP contribution >= 0.6 is 15.9 Å². The van der Waals surface area contributed by atoms with Crippen LogP contribution in [0.5, 0.6) is 5.75 Å². The van der Waals surface area contributed by atoms with Crippen LogP contribution in [0, 0.1) is 23.6 Å². The molecule has 0 unspecified atom stereocenters. The van der Waals surface area contributed by atoms with E-state index in [1.807, 2.05) is 0 Å². The van der Waals surface area contributed by atoms with Crippen LogP contribution in [0.15, 0.2) is 16.6 Å². The largest absolute Gasteiger partial charge is 0.495 e. The summed E-state index contributed by atoms with van der Waals surface area (Å²) in [5, 5.41) is 0. The van der Waals surface area contributed by atoms with Gasteiger partial charge >= 0.3 is 0 Å². The molecule has 1 aliphatic rings. The highest BCUT2D eigenvalue weighted by Gasteiger charge is 2.12. The maximum absolute atomic E-state index is 13.2. The highest BCUT2D eigenvalue weighted by molar-refractivity contribution is 9.10. The summed E-state index contributed by atoms with van der Waals surface area (Å²) in [6.45, 7) is 1.53. The van der Waals surface area contributed by atoms with Crippen molar-refractivity contribution in [3.8, 4) is 17.6 Å². The van der Waals surface area contributed by atoms with Gasteiger partial charge in [-0.2, -0.15) is 0 Å². The minimum Gasteiger partial charge on any atom is -0.495 e. The molecular formula is C14H14BrFO2. The Bertz CT molecular complexity index is 485. The molecule has 1 saturated heterocycles. The van der Waals surface area contributed by atoms with Crippen molar-refractivity contribution >= 4 is 15.9 Å². The van der Waals surface area contributed by atoms with E-state index in [1.54, 1.807) is 0 Å². The lowest BCUT2D eigenvalue weighted by Gasteiger charge is -2.16. The van der Waals surface area contributed by atoms with E-state index < -0.39 is 0 Å². The zero-order chi connectivity index (χ0) is 13.0. The second-order valence-electron chi connectivity index (χ2n) is 4.12. The Morgan fingerprint density at radius 3 is 2.78 bits per heavy atom. The van der Waals surface area contributed by atoms with Crippen LogP contribution in [-0.4, -0.2) is 20.3 Å². The molecule has 1 aliphatic heterocycles. The van der Waals surface area contributed by atoms with Crippen LogP contribution in [-0.2, 0) is 4.74 Å². The highest BCUT2D eigenvalue weighted by atomic mass is 79.9. The Hall–Kier alpha value is -1.05. The second kappa shape index (κ2) is 6.21. The molecule has 18 heavy (non-hydrogen) atoms. The first-order valence-electron chi connectivity index (χ1n) is 5.83. The third-order valence-corrected chi connectivity index (χ3v) is 3.49. The molecule has 0 aromatic heterocycles. The number of hydrogen-bond donors (Lipinski definition) is 0. The highest BCUT2D eigenvalue weighted by Crippen LogP contribution is 2.27. The van der Waals surface area contributed by atoms with E-state index in [9.17, 15) is 4.39 Å². The Kier molecular flexibility index (Phi) is 4.62. The van der Waals surface area contributed by atoms with Gasteiger partial charge in [-0.25, -0.2) is 4.39 Å². The summed E-state index contributed by atoms with van der Waals surface area (Å²) in [7, 11) is 1.51. The van der Waals surface area contributed by atoms with Gasteiger partial charge in [0.1, 0.15) is 11.6 Å². The lowest BCUT2D eigenvalue weighted by molar-refractivity contribution is 0.0807. The zero-order valence-corrected chi connectivity index (χ0v) is 11.7. The van der Waals surface area contributed by atoms with Crippen LogP contribution in [0.3, 0.4) is 0 Å². The maximum Gasteiger partial charge on any atom is 0.138 e. The molecule has 0 saturated carbocycles. The molecule has 2 rings (SSSR count). The van der Waals surface area contributed by atoms with Gasteiger partial charge in [0.25, 0.3) is 0 Å². The molecule has 1 heterocycles. The van der Waals surface area contributed by atoms with Crippen molar-refractivity contribution in [2.24, 2.45) is 5.92 Å². The van der Waals surface area contributed by atoms with Crippen LogP contribution in [0.1, 0.15) is 18.4 Å². The fraction of sp³-hybridized carbons (Fsp3) is 0.429. The molecule has 0 radical (unpaired) electrons. The van der Waals surface area contributed by atoms with E-state index in [0.717, 1.165) is 26.1 Å². The van der Waals surface area contributed by atoms with Gasteiger partial charge in [0, 0.05) is 29.7 Å². The van der Waals surface area contributed by atoms with Crippen LogP contribution in [0.25, 0.3) is 0 Å². The van der Waals surface area contributed by atoms with E-state index >= 15 is 0 Å². The number of hydrogen-bond acceptors (Lipinski definition) is 2. The van der Waals surface area contributed by atoms with Gasteiger partial charge in [0.05, 0.1) is 12.7 Å². The van der Waals surface area contributed by atoms with Crippen LogP contribution in [0.4, 0.5) is 4.39 Å². The average Bonchev–Trinajstić information content (AvgIpc) is 2.38. The first kappa shape index (κ1) is 13.4. The zero-order valence-electron chi connectivity index (χ0n) is 10.1. The minimum atomic E-state index is -0.338. The molecule has 1 aromatic rings. The van der Waals surface area contributed by atoms with Crippen molar-refractivity contribution in [1.29, 1.82) is 0 Å². The fourth-order valence-electron chi connectivity index (χ4n) is 1.85. The normalized spacial score (nSPS) is 15.9. The number of methoxy groups -OCH3 is 1. The molecule has 1 fully saturated rings. The Morgan fingerprint density at radius 2 is 2.11 bits per heavy atom. The van der Waals surface area contributed by atoms with E-state index in [4.69, 9.17) is 9.47 Å². The van der Waals surface area contributed by atoms with E-state index in [1.165, 1.54) is 19.2 Å². The molecule has 0 atom stereocenters. The molecule has 0 bridgehead atoms. The van der Waals surface area contributed by atoms with E-state index in [0.29, 0.717) is 21.7 Å². The SMILES string of the molecule is COc1cc(F)cc(Br)c1C#CC1CCOCC1. The van der Waals surface area contributed by atoms with Crippen molar-refractivity contribution in [2.75, 3.05) is 20.3 Å². The smallest absolute Gasteiger partial charge is 0.138 e. The molecule has 4 heteroatoms. The molecule has 0 spiro atoms. The van der Waals surface area contributed by atoms with Gasteiger partial charge in [0.15, 0.2) is 0 Å². The third kappa shape index (κ3) is 3.24. The summed E-state index contributed by atoms with van der Waals surface area (Å²) >= 11 is 3.32. The lowest BCUT2D eigenvalue weighted by Crippen LogP contribution is -2.13. The molecule has 2 nitrogen and oxygen atoms in total. The van der Waals surface area contributed by atoms with Gasteiger partial charge in [-0.1, -0.05) is 11.8 Å². The van der Waals surface area contributed by atoms with Crippen molar-refractivity contribution < 1.29 is 13.9 Å². The predicted octanol–water partition coefficient (Wildman–Crippen LogP) is 3.37. The Morgan fingerprint density at radius 1 is 1.39 bits per heavy atom. The minimum absolute atomic E-state index is 0.338. The first-order valence-corrected chi connectivity index (χ1v) is 6.62. The number of halogens is 2. The first-order chi connectivity index (χ1) is 8.70. The van der Waals surface area contributed by atoms with Crippen molar-refractivity contribution in [3.05, 3.63) is 28.0 Å². The summed E-state index contributed by atoms with van der Waals surface area (Å²) in [5.74, 6) is 6.77. The molecule has 0 amide bonds. The Labute approximate surface area is 115 Å². The summed E-state index contributed by atoms with van der Waals surface area (Å²) in [4.78, 5) is 0. The Balaban J connectivity index is 2.25. The number of benzene rings is 1. The third-order valence-electron chi connectivity index (χ3n) is 2.86. The van der Waals surface area contributed by atoms with Crippen molar-refractivity contribution in [1.82, 2.24) is 0 Å². The van der Waals surface area contributed by atoms with Crippen LogP contribution in [0.2, 0.25) is 0 Å². The monoisotopic (exact) mass is 312 g/mol. The summed E-state index contributed by atoms with van der Waals surface area (Å²) < 4.78 is 24.3. The molecule has 0 N–H and O–H groups in total. The van der Waals surface area contributed by atoms with Gasteiger partial charge in [-0.15, -0.1) is 0 Å². The van der Waals surface area contributed by atoms with E-state index in [2.05, 4.69) is 27.8 Å². The van der Waals surface area contributed by atoms with Gasteiger partial charge in [-0.3, -0.25) is 0 Å².